The Bertz CT molecular complexity index is 253. The Balaban J connectivity index is 1.73. The zero-order valence-electron chi connectivity index (χ0n) is 11.1. The number of hydrogen-bond acceptors (Lipinski definition) is 2. The largest absolute Gasteiger partial charge is 0.335 e. The Morgan fingerprint density at radius 2 is 1.65 bits per heavy atom. The molecule has 0 saturated carbocycles. The van der Waals surface area contributed by atoms with Gasteiger partial charge in [0.05, 0.1) is 0 Å². The lowest BCUT2D eigenvalue weighted by Gasteiger charge is -2.34. The predicted octanol–water partition coefficient (Wildman–Crippen LogP) is 1.52. The maximum atomic E-state index is 12.1. The number of nitrogens with one attached hydrogen (secondary N) is 1. The molecule has 0 aromatic rings. The number of piperidine rings is 2. The monoisotopic (exact) mass is 239 g/mol. The summed E-state index contributed by atoms with van der Waals surface area (Å²) < 4.78 is 0. The van der Waals surface area contributed by atoms with Gasteiger partial charge in [0.2, 0.25) is 0 Å². The summed E-state index contributed by atoms with van der Waals surface area (Å²) in [5, 5.41) is 3.18. The van der Waals surface area contributed by atoms with Crippen molar-refractivity contribution in [2.24, 2.45) is 5.92 Å². The number of amides is 2. The molecule has 2 saturated heterocycles. The van der Waals surface area contributed by atoms with Crippen LogP contribution in [0.4, 0.5) is 4.79 Å². The van der Waals surface area contributed by atoms with Crippen molar-refractivity contribution in [2.75, 3.05) is 33.2 Å². The molecule has 0 aliphatic carbocycles. The molecule has 17 heavy (non-hydrogen) atoms. The van der Waals surface area contributed by atoms with Gasteiger partial charge in [-0.25, -0.2) is 4.79 Å². The molecule has 2 aliphatic heterocycles. The fourth-order valence-electron chi connectivity index (χ4n) is 2.63. The van der Waals surface area contributed by atoms with Crippen molar-refractivity contribution < 1.29 is 4.79 Å². The molecule has 2 heterocycles. The summed E-state index contributed by atoms with van der Waals surface area (Å²) in [7, 11) is 2.14. The molecule has 2 fully saturated rings. The number of nitrogens with zero attached hydrogens (tertiary/aromatic N) is 2. The van der Waals surface area contributed by atoms with Crippen molar-refractivity contribution in [3.8, 4) is 0 Å². The third-order valence-electron chi connectivity index (χ3n) is 4.12. The lowest BCUT2D eigenvalue weighted by Crippen LogP contribution is -2.50. The second-order valence-electron chi connectivity index (χ2n) is 5.70. The lowest BCUT2D eigenvalue weighted by atomic mass is 9.99. The highest BCUT2D eigenvalue weighted by Crippen LogP contribution is 2.16. The number of urea groups is 1. The summed E-state index contributed by atoms with van der Waals surface area (Å²) in [6.45, 7) is 6.33. The second kappa shape index (κ2) is 5.71. The van der Waals surface area contributed by atoms with E-state index in [-0.39, 0.29) is 6.03 Å². The summed E-state index contributed by atoms with van der Waals surface area (Å²) in [6.07, 6.45) is 4.49. The minimum Gasteiger partial charge on any atom is -0.335 e. The molecule has 0 atom stereocenters. The molecule has 0 bridgehead atoms. The maximum Gasteiger partial charge on any atom is 0.317 e. The predicted molar refractivity (Wildman–Crippen MR) is 69.0 cm³/mol. The van der Waals surface area contributed by atoms with Gasteiger partial charge in [-0.1, -0.05) is 6.92 Å². The highest BCUT2D eigenvalue weighted by atomic mass is 16.2. The zero-order valence-corrected chi connectivity index (χ0v) is 11.1. The van der Waals surface area contributed by atoms with Gasteiger partial charge >= 0.3 is 6.03 Å². The van der Waals surface area contributed by atoms with E-state index in [9.17, 15) is 4.79 Å². The van der Waals surface area contributed by atoms with E-state index in [4.69, 9.17) is 0 Å². The molecule has 0 spiro atoms. The number of carbonyl (C=O) groups excluding carboxylic acids is 1. The summed E-state index contributed by atoms with van der Waals surface area (Å²) in [4.78, 5) is 16.4. The van der Waals surface area contributed by atoms with Crippen LogP contribution in [0.5, 0.6) is 0 Å². The third-order valence-corrected chi connectivity index (χ3v) is 4.12. The van der Waals surface area contributed by atoms with Crippen LogP contribution < -0.4 is 5.32 Å². The Hall–Kier alpha value is -0.770. The van der Waals surface area contributed by atoms with E-state index in [1.807, 2.05) is 4.90 Å². The average molecular weight is 239 g/mol. The van der Waals surface area contributed by atoms with E-state index in [0.717, 1.165) is 57.8 Å². The van der Waals surface area contributed by atoms with Crippen LogP contribution in [0.25, 0.3) is 0 Å². The van der Waals surface area contributed by atoms with E-state index in [1.54, 1.807) is 0 Å². The van der Waals surface area contributed by atoms with Crippen LogP contribution in [0.3, 0.4) is 0 Å². The maximum absolute atomic E-state index is 12.1. The lowest BCUT2D eigenvalue weighted by molar-refractivity contribution is 0.162. The fraction of sp³-hybridized carbons (Fsp3) is 0.923. The summed E-state index contributed by atoms with van der Waals surface area (Å²) >= 11 is 0. The van der Waals surface area contributed by atoms with Crippen molar-refractivity contribution in [3.05, 3.63) is 0 Å². The van der Waals surface area contributed by atoms with E-state index in [0.29, 0.717) is 6.04 Å². The van der Waals surface area contributed by atoms with Crippen LogP contribution in [0.1, 0.15) is 32.6 Å². The standard InChI is InChI=1S/C13H25N3O/c1-11-3-9-16(10-4-11)13(17)14-12-5-7-15(2)8-6-12/h11-12H,3-10H2,1-2H3,(H,14,17). The Labute approximate surface area is 104 Å². The molecule has 2 amide bonds. The first-order valence-corrected chi connectivity index (χ1v) is 6.89. The molecule has 4 heteroatoms. The molecule has 0 aromatic heterocycles. The van der Waals surface area contributed by atoms with Gasteiger partial charge in [0, 0.05) is 19.1 Å². The van der Waals surface area contributed by atoms with Crippen LogP contribution >= 0.6 is 0 Å². The highest BCUT2D eigenvalue weighted by molar-refractivity contribution is 5.74. The molecular weight excluding hydrogens is 214 g/mol. The van der Waals surface area contributed by atoms with Gasteiger partial charge < -0.3 is 15.1 Å². The first-order chi connectivity index (χ1) is 8.15. The van der Waals surface area contributed by atoms with E-state index in [2.05, 4.69) is 24.2 Å². The van der Waals surface area contributed by atoms with E-state index < -0.39 is 0 Å². The van der Waals surface area contributed by atoms with E-state index >= 15 is 0 Å². The smallest absolute Gasteiger partial charge is 0.317 e. The van der Waals surface area contributed by atoms with Gasteiger partial charge in [-0.2, -0.15) is 0 Å². The topological polar surface area (TPSA) is 35.6 Å². The number of carbonyl (C=O) groups is 1. The first kappa shape index (κ1) is 12.7. The summed E-state index contributed by atoms with van der Waals surface area (Å²) in [5.74, 6) is 0.780. The molecule has 0 radical (unpaired) electrons. The van der Waals surface area contributed by atoms with Crippen LogP contribution in [0.2, 0.25) is 0 Å². The van der Waals surface area contributed by atoms with Gasteiger partial charge in [-0.15, -0.1) is 0 Å². The molecule has 2 aliphatic rings. The SMILES string of the molecule is CC1CCN(C(=O)NC2CCN(C)CC2)CC1. The molecule has 0 unspecified atom stereocenters. The molecule has 1 N–H and O–H groups in total. The van der Waals surface area contributed by atoms with Crippen molar-refractivity contribution in [1.29, 1.82) is 0 Å². The zero-order chi connectivity index (χ0) is 12.3. The Kier molecular flexibility index (Phi) is 4.26. The van der Waals surface area contributed by atoms with Crippen LogP contribution in [-0.4, -0.2) is 55.1 Å². The fourth-order valence-corrected chi connectivity index (χ4v) is 2.63. The quantitative estimate of drug-likeness (QED) is 0.753. The van der Waals surface area contributed by atoms with Crippen LogP contribution in [0, 0.1) is 5.92 Å². The molecule has 98 valence electrons. The average Bonchev–Trinajstić information content (AvgIpc) is 2.33. The Morgan fingerprint density at radius 1 is 1.06 bits per heavy atom. The number of hydrogen-bond donors (Lipinski definition) is 1. The van der Waals surface area contributed by atoms with Gasteiger partial charge in [0.15, 0.2) is 0 Å². The minimum absolute atomic E-state index is 0.159. The molecule has 0 aromatic carbocycles. The van der Waals surface area contributed by atoms with Crippen molar-refractivity contribution in [3.63, 3.8) is 0 Å². The van der Waals surface area contributed by atoms with Gasteiger partial charge in [0.25, 0.3) is 0 Å². The normalized spacial score (nSPS) is 24.9. The number of rotatable bonds is 1. The first-order valence-electron chi connectivity index (χ1n) is 6.89. The molecule has 2 rings (SSSR count). The van der Waals surface area contributed by atoms with Gasteiger partial charge in [-0.3, -0.25) is 0 Å². The molecular formula is C13H25N3O. The third kappa shape index (κ3) is 3.60. The minimum atomic E-state index is 0.159. The summed E-state index contributed by atoms with van der Waals surface area (Å²) in [6, 6.07) is 0.546. The highest BCUT2D eigenvalue weighted by Gasteiger charge is 2.23. The van der Waals surface area contributed by atoms with Crippen molar-refractivity contribution >= 4 is 6.03 Å². The number of likely N-dealkylation sites (tertiary alicyclic amines) is 2. The van der Waals surface area contributed by atoms with E-state index in [1.165, 1.54) is 0 Å². The molecule has 4 nitrogen and oxygen atoms in total. The van der Waals surface area contributed by atoms with Crippen LogP contribution in [-0.2, 0) is 0 Å². The van der Waals surface area contributed by atoms with Crippen molar-refractivity contribution in [1.82, 2.24) is 15.1 Å². The Morgan fingerprint density at radius 3 is 2.24 bits per heavy atom. The second-order valence-corrected chi connectivity index (χ2v) is 5.70. The van der Waals surface area contributed by atoms with Gasteiger partial charge in [0.1, 0.15) is 0 Å². The summed E-state index contributed by atoms with van der Waals surface area (Å²) in [5.41, 5.74) is 0. The van der Waals surface area contributed by atoms with Gasteiger partial charge in [-0.05, 0) is 51.7 Å². The van der Waals surface area contributed by atoms with Crippen molar-refractivity contribution in [2.45, 2.75) is 38.6 Å². The van der Waals surface area contributed by atoms with Crippen LogP contribution in [0.15, 0.2) is 0 Å².